The van der Waals surface area contributed by atoms with E-state index in [1.165, 1.54) is 0 Å². The number of hydrogen-bond acceptors (Lipinski definition) is 4. The molecule has 0 aliphatic rings. The van der Waals surface area contributed by atoms with E-state index in [2.05, 4.69) is 15.3 Å². The summed E-state index contributed by atoms with van der Waals surface area (Å²) in [4.78, 5) is 18.1. The Morgan fingerprint density at radius 1 is 1.31 bits per heavy atom. The van der Waals surface area contributed by atoms with Gasteiger partial charge in [-0.25, -0.2) is 0 Å². The Bertz CT molecular complexity index is 549. The lowest BCUT2D eigenvalue weighted by atomic mass is 10.1. The van der Waals surface area contributed by atoms with Crippen LogP contribution in [0.5, 0.6) is 5.88 Å². The van der Waals surface area contributed by atoms with Crippen molar-refractivity contribution in [3.8, 4) is 17.0 Å². The van der Waals surface area contributed by atoms with Gasteiger partial charge < -0.3 is 10.4 Å². The van der Waals surface area contributed by atoms with E-state index in [4.69, 9.17) is 0 Å². The van der Waals surface area contributed by atoms with Crippen LogP contribution in [0.4, 0.5) is 5.95 Å². The van der Waals surface area contributed by atoms with Crippen LogP contribution in [0.1, 0.15) is 0 Å². The molecule has 0 radical (unpaired) electrons. The van der Waals surface area contributed by atoms with Crippen LogP contribution in [-0.2, 0) is 0 Å². The first kappa shape index (κ1) is 10.2. The van der Waals surface area contributed by atoms with Crippen LogP contribution in [0.2, 0.25) is 0 Å². The zero-order chi connectivity index (χ0) is 11.5. The molecule has 3 N–H and O–H groups in total. The fourth-order valence-corrected chi connectivity index (χ4v) is 1.44. The van der Waals surface area contributed by atoms with Gasteiger partial charge in [0.25, 0.3) is 5.56 Å². The summed E-state index contributed by atoms with van der Waals surface area (Å²) >= 11 is 0. The van der Waals surface area contributed by atoms with Gasteiger partial charge in [-0.1, -0.05) is 30.3 Å². The number of nitrogens with one attached hydrogen (secondary N) is 2. The summed E-state index contributed by atoms with van der Waals surface area (Å²) in [5, 5.41) is 12.3. The van der Waals surface area contributed by atoms with E-state index in [1.807, 2.05) is 6.07 Å². The fourth-order valence-electron chi connectivity index (χ4n) is 1.44. The van der Waals surface area contributed by atoms with E-state index in [1.54, 1.807) is 31.3 Å². The molecule has 1 aromatic heterocycles. The summed E-state index contributed by atoms with van der Waals surface area (Å²) in [6.45, 7) is 0. The molecule has 0 fully saturated rings. The normalized spacial score (nSPS) is 10.1. The highest BCUT2D eigenvalue weighted by molar-refractivity contribution is 5.67. The Kier molecular flexibility index (Phi) is 2.59. The Morgan fingerprint density at radius 3 is 2.56 bits per heavy atom. The first-order chi connectivity index (χ1) is 7.72. The summed E-state index contributed by atoms with van der Waals surface area (Å²) < 4.78 is 0. The minimum atomic E-state index is -0.372. The Morgan fingerprint density at radius 2 is 2.00 bits per heavy atom. The standard InChI is InChI=1S/C11H11N3O2/c1-12-11-13-9(15)8(10(16)14-11)7-5-3-2-4-6-7/h2-6H,1H3,(H3,12,13,14,15,16). The second kappa shape index (κ2) is 4.06. The molecule has 0 unspecified atom stereocenters. The summed E-state index contributed by atoms with van der Waals surface area (Å²) in [5.41, 5.74) is 0.444. The molecule has 1 aromatic carbocycles. The van der Waals surface area contributed by atoms with Crippen molar-refractivity contribution < 1.29 is 5.11 Å². The van der Waals surface area contributed by atoms with E-state index in [0.717, 1.165) is 0 Å². The number of benzene rings is 1. The number of H-pyrrole nitrogens is 1. The van der Waals surface area contributed by atoms with Crippen molar-refractivity contribution in [2.24, 2.45) is 0 Å². The molecule has 5 nitrogen and oxygen atoms in total. The minimum absolute atomic E-state index is 0.180. The molecule has 0 amide bonds. The van der Waals surface area contributed by atoms with Gasteiger partial charge in [-0.15, -0.1) is 0 Å². The summed E-state index contributed by atoms with van der Waals surface area (Å²) in [6, 6.07) is 8.90. The molecule has 2 aromatic rings. The average Bonchev–Trinajstić information content (AvgIpc) is 2.29. The maximum absolute atomic E-state index is 11.7. The lowest BCUT2D eigenvalue weighted by Gasteiger charge is -2.05. The lowest BCUT2D eigenvalue weighted by molar-refractivity contribution is 0.454. The van der Waals surface area contributed by atoms with Gasteiger partial charge >= 0.3 is 0 Å². The molecular formula is C11H11N3O2. The Labute approximate surface area is 91.8 Å². The van der Waals surface area contributed by atoms with Gasteiger partial charge in [-0.05, 0) is 5.56 Å². The number of anilines is 1. The van der Waals surface area contributed by atoms with Gasteiger partial charge in [-0.3, -0.25) is 9.78 Å². The number of aromatic hydroxyl groups is 1. The van der Waals surface area contributed by atoms with Crippen LogP contribution in [0.25, 0.3) is 11.1 Å². The third kappa shape index (κ3) is 1.75. The molecule has 0 saturated carbocycles. The third-order valence-corrected chi connectivity index (χ3v) is 2.20. The third-order valence-electron chi connectivity index (χ3n) is 2.20. The molecule has 0 aliphatic carbocycles. The zero-order valence-electron chi connectivity index (χ0n) is 8.69. The van der Waals surface area contributed by atoms with Gasteiger partial charge in [0.05, 0.1) is 0 Å². The second-order valence-electron chi connectivity index (χ2n) is 3.23. The van der Waals surface area contributed by atoms with E-state index >= 15 is 0 Å². The Balaban J connectivity index is 2.63. The highest BCUT2D eigenvalue weighted by atomic mass is 16.3. The van der Waals surface area contributed by atoms with Crippen LogP contribution < -0.4 is 10.9 Å². The van der Waals surface area contributed by atoms with Crippen LogP contribution in [0.15, 0.2) is 35.1 Å². The summed E-state index contributed by atoms with van der Waals surface area (Å²) in [5.74, 6) is -0.0403. The van der Waals surface area contributed by atoms with Crippen LogP contribution in [0, 0.1) is 0 Å². The first-order valence-corrected chi connectivity index (χ1v) is 4.79. The molecular weight excluding hydrogens is 206 g/mol. The quantitative estimate of drug-likeness (QED) is 0.706. The smallest absolute Gasteiger partial charge is 0.264 e. The molecule has 1 heterocycles. The lowest BCUT2D eigenvalue weighted by Crippen LogP contribution is -2.13. The van der Waals surface area contributed by atoms with Crippen molar-refractivity contribution in [3.63, 3.8) is 0 Å². The maximum Gasteiger partial charge on any atom is 0.264 e. The van der Waals surface area contributed by atoms with E-state index < -0.39 is 0 Å². The molecule has 0 saturated heterocycles. The van der Waals surface area contributed by atoms with Crippen LogP contribution in [-0.4, -0.2) is 22.1 Å². The van der Waals surface area contributed by atoms with Gasteiger partial charge in [0.1, 0.15) is 5.56 Å². The number of aromatic amines is 1. The first-order valence-electron chi connectivity index (χ1n) is 4.79. The largest absolute Gasteiger partial charge is 0.493 e. The number of nitrogens with zero attached hydrogens (tertiary/aromatic N) is 1. The van der Waals surface area contributed by atoms with E-state index in [-0.39, 0.29) is 23.0 Å². The van der Waals surface area contributed by atoms with Crippen molar-refractivity contribution in [1.29, 1.82) is 0 Å². The molecule has 82 valence electrons. The minimum Gasteiger partial charge on any atom is -0.493 e. The van der Waals surface area contributed by atoms with Crippen molar-refractivity contribution in [2.75, 3.05) is 12.4 Å². The highest BCUT2D eigenvalue weighted by Gasteiger charge is 2.11. The number of rotatable bonds is 2. The second-order valence-corrected chi connectivity index (χ2v) is 3.23. The van der Waals surface area contributed by atoms with Crippen molar-refractivity contribution >= 4 is 5.95 Å². The number of hydrogen-bond donors (Lipinski definition) is 3. The van der Waals surface area contributed by atoms with Crippen LogP contribution >= 0.6 is 0 Å². The molecule has 0 aliphatic heterocycles. The van der Waals surface area contributed by atoms with Crippen molar-refractivity contribution in [3.05, 3.63) is 40.7 Å². The van der Waals surface area contributed by atoms with Crippen LogP contribution in [0.3, 0.4) is 0 Å². The topological polar surface area (TPSA) is 78.0 Å². The van der Waals surface area contributed by atoms with Gasteiger partial charge in [0, 0.05) is 7.05 Å². The van der Waals surface area contributed by atoms with Crippen molar-refractivity contribution in [2.45, 2.75) is 0 Å². The highest BCUT2D eigenvalue weighted by Crippen LogP contribution is 2.23. The van der Waals surface area contributed by atoms with Gasteiger partial charge in [0.15, 0.2) is 0 Å². The molecule has 5 heteroatoms. The molecule has 0 atom stereocenters. The molecule has 16 heavy (non-hydrogen) atoms. The SMILES string of the molecule is CNc1nc(O)c(-c2ccccc2)c(=O)[nH]1. The molecule has 0 bridgehead atoms. The monoisotopic (exact) mass is 217 g/mol. The van der Waals surface area contributed by atoms with E-state index in [0.29, 0.717) is 5.56 Å². The fraction of sp³-hybridized carbons (Fsp3) is 0.0909. The predicted octanol–water partition coefficient (Wildman–Crippen LogP) is 1.18. The Hall–Kier alpha value is -2.30. The predicted molar refractivity (Wildman–Crippen MR) is 61.5 cm³/mol. The van der Waals surface area contributed by atoms with E-state index in [9.17, 15) is 9.90 Å². The summed E-state index contributed by atoms with van der Waals surface area (Å²) in [7, 11) is 1.61. The maximum atomic E-state index is 11.7. The van der Waals surface area contributed by atoms with Crippen molar-refractivity contribution in [1.82, 2.24) is 9.97 Å². The van der Waals surface area contributed by atoms with Gasteiger partial charge in [0.2, 0.25) is 11.8 Å². The molecule has 0 spiro atoms. The molecule has 2 rings (SSSR count). The zero-order valence-corrected chi connectivity index (χ0v) is 8.69. The number of aromatic nitrogens is 2. The summed E-state index contributed by atoms with van der Waals surface area (Å²) in [6.07, 6.45) is 0. The van der Waals surface area contributed by atoms with Gasteiger partial charge in [-0.2, -0.15) is 4.98 Å². The average molecular weight is 217 g/mol.